The molecule has 27 heavy (non-hydrogen) atoms. The fraction of sp³-hybridized carbons (Fsp3) is 0.333. The summed E-state index contributed by atoms with van der Waals surface area (Å²) in [6, 6.07) is 8.67. The van der Waals surface area contributed by atoms with E-state index in [0.717, 1.165) is 23.9 Å². The van der Waals surface area contributed by atoms with Crippen LogP contribution in [0.15, 0.2) is 47.0 Å². The van der Waals surface area contributed by atoms with E-state index in [4.69, 9.17) is 5.73 Å². The summed E-state index contributed by atoms with van der Waals surface area (Å²) in [6.45, 7) is 2.66. The molecule has 2 aliphatic rings. The van der Waals surface area contributed by atoms with Crippen LogP contribution >= 0.6 is 11.3 Å². The molecule has 1 atom stereocenters. The Balaban J connectivity index is 1.46. The molecule has 1 unspecified atom stereocenters. The Kier molecular flexibility index (Phi) is 4.76. The number of benzene rings is 1. The molecule has 1 aromatic heterocycles. The molecule has 1 fully saturated rings. The molecular weight excluding hydrogens is 364 g/mol. The second kappa shape index (κ2) is 7.36. The lowest BCUT2D eigenvalue weighted by molar-refractivity contribution is -0.124. The third-order valence-corrected chi connectivity index (χ3v) is 5.60. The quantitative estimate of drug-likeness (QED) is 0.846. The monoisotopic (exact) mass is 384 g/mol. The molecule has 0 radical (unpaired) electrons. The zero-order valence-electron chi connectivity index (χ0n) is 14.7. The SMILES string of the molecule is NC(=O)C1CC(C(=O)N2CCN(c3nccs3)CC2)=NN1c1ccccc1. The Morgan fingerprint density at radius 2 is 1.85 bits per heavy atom. The number of hydrogen-bond donors (Lipinski definition) is 1. The highest BCUT2D eigenvalue weighted by molar-refractivity contribution is 7.13. The van der Waals surface area contributed by atoms with Gasteiger partial charge in [0.15, 0.2) is 5.13 Å². The number of primary amides is 1. The van der Waals surface area contributed by atoms with Crippen molar-refractivity contribution in [2.75, 3.05) is 36.1 Å². The van der Waals surface area contributed by atoms with Gasteiger partial charge in [-0.15, -0.1) is 11.3 Å². The molecule has 2 N–H and O–H groups in total. The summed E-state index contributed by atoms with van der Waals surface area (Å²) in [5.74, 6) is -0.613. The fourth-order valence-corrected chi connectivity index (χ4v) is 4.03. The Hall–Kier alpha value is -2.94. The van der Waals surface area contributed by atoms with Gasteiger partial charge in [0.2, 0.25) is 5.91 Å². The van der Waals surface area contributed by atoms with Crippen molar-refractivity contribution in [3.63, 3.8) is 0 Å². The van der Waals surface area contributed by atoms with E-state index in [-0.39, 0.29) is 12.3 Å². The van der Waals surface area contributed by atoms with Crippen LogP contribution in [0.3, 0.4) is 0 Å². The molecule has 0 saturated carbocycles. The maximum absolute atomic E-state index is 12.9. The zero-order chi connectivity index (χ0) is 18.8. The van der Waals surface area contributed by atoms with Crippen molar-refractivity contribution in [2.45, 2.75) is 12.5 Å². The molecular formula is C18H20N6O2S. The van der Waals surface area contributed by atoms with E-state index >= 15 is 0 Å². The van der Waals surface area contributed by atoms with E-state index < -0.39 is 11.9 Å². The molecule has 0 bridgehead atoms. The molecule has 1 aromatic carbocycles. The Morgan fingerprint density at radius 3 is 2.48 bits per heavy atom. The van der Waals surface area contributed by atoms with Gasteiger partial charge < -0.3 is 15.5 Å². The molecule has 3 heterocycles. The molecule has 8 nitrogen and oxygen atoms in total. The summed E-state index contributed by atoms with van der Waals surface area (Å²) in [4.78, 5) is 33.1. The molecule has 0 aliphatic carbocycles. The van der Waals surface area contributed by atoms with Gasteiger partial charge in [0.1, 0.15) is 11.8 Å². The molecule has 2 aromatic rings. The Bertz CT molecular complexity index is 846. The minimum absolute atomic E-state index is 0.126. The average molecular weight is 384 g/mol. The van der Waals surface area contributed by atoms with E-state index in [9.17, 15) is 9.59 Å². The van der Waals surface area contributed by atoms with Crippen molar-refractivity contribution < 1.29 is 9.59 Å². The highest BCUT2D eigenvalue weighted by Crippen LogP contribution is 2.25. The van der Waals surface area contributed by atoms with Gasteiger partial charge >= 0.3 is 0 Å². The molecule has 2 amide bonds. The van der Waals surface area contributed by atoms with Gasteiger partial charge in [-0.3, -0.25) is 14.6 Å². The molecule has 140 valence electrons. The minimum atomic E-state index is -0.636. The molecule has 4 rings (SSSR count). The highest BCUT2D eigenvalue weighted by Gasteiger charge is 2.37. The van der Waals surface area contributed by atoms with Crippen LogP contribution in [0, 0.1) is 0 Å². The number of hydrogen-bond acceptors (Lipinski definition) is 7. The normalized spacial score (nSPS) is 19.9. The highest BCUT2D eigenvalue weighted by atomic mass is 32.1. The predicted octanol–water partition coefficient (Wildman–Crippen LogP) is 0.912. The van der Waals surface area contributed by atoms with Crippen molar-refractivity contribution in [2.24, 2.45) is 10.8 Å². The van der Waals surface area contributed by atoms with Gasteiger partial charge in [0.05, 0.1) is 5.69 Å². The summed E-state index contributed by atoms with van der Waals surface area (Å²) in [5.41, 5.74) is 6.68. The Labute approximate surface area is 160 Å². The lowest BCUT2D eigenvalue weighted by Crippen LogP contribution is -2.50. The lowest BCUT2D eigenvalue weighted by Gasteiger charge is -2.34. The molecule has 0 spiro atoms. The summed E-state index contributed by atoms with van der Waals surface area (Å²) in [5, 5.41) is 8.92. The average Bonchev–Trinajstić information content (AvgIpc) is 3.38. The number of anilines is 2. The first-order chi connectivity index (χ1) is 13.1. The van der Waals surface area contributed by atoms with Gasteiger partial charge in [-0.25, -0.2) is 4.98 Å². The van der Waals surface area contributed by atoms with Gasteiger partial charge in [0.25, 0.3) is 5.91 Å². The van der Waals surface area contributed by atoms with Crippen LogP contribution in [0.5, 0.6) is 0 Å². The molecule has 9 heteroatoms. The third-order valence-electron chi connectivity index (χ3n) is 4.76. The summed E-state index contributed by atoms with van der Waals surface area (Å²) >= 11 is 1.60. The largest absolute Gasteiger partial charge is 0.368 e. The number of amides is 2. The third kappa shape index (κ3) is 3.50. The first-order valence-corrected chi connectivity index (χ1v) is 9.66. The van der Waals surface area contributed by atoms with Crippen LogP contribution in [0.4, 0.5) is 10.8 Å². The molecule has 2 aliphatic heterocycles. The van der Waals surface area contributed by atoms with Crippen LogP contribution < -0.4 is 15.6 Å². The maximum atomic E-state index is 12.9. The number of piperazine rings is 1. The lowest BCUT2D eigenvalue weighted by atomic mass is 10.1. The van der Waals surface area contributed by atoms with Crippen LogP contribution in [-0.2, 0) is 9.59 Å². The van der Waals surface area contributed by atoms with Crippen LogP contribution in [0.25, 0.3) is 0 Å². The number of carbonyl (C=O) groups excluding carboxylic acids is 2. The van der Waals surface area contributed by atoms with Crippen molar-refractivity contribution in [1.29, 1.82) is 0 Å². The van der Waals surface area contributed by atoms with Crippen LogP contribution in [0.1, 0.15) is 6.42 Å². The summed E-state index contributed by atoms with van der Waals surface area (Å²) in [6.07, 6.45) is 2.02. The van der Waals surface area contributed by atoms with Crippen molar-refractivity contribution in [3.8, 4) is 0 Å². The van der Waals surface area contributed by atoms with Crippen LogP contribution in [0.2, 0.25) is 0 Å². The topological polar surface area (TPSA) is 95.1 Å². The van der Waals surface area contributed by atoms with Gasteiger partial charge in [-0.05, 0) is 12.1 Å². The number of aromatic nitrogens is 1. The van der Waals surface area contributed by atoms with Crippen LogP contribution in [-0.4, -0.2) is 59.6 Å². The van der Waals surface area contributed by atoms with Gasteiger partial charge in [-0.1, -0.05) is 18.2 Å². The summed E-state index contributed by atoms with van der Waals surface area (Å²) in [7, 11) is 0. The number of hydrazone groups is 1. The summed E-state index contributed by atoms with van der Waals surface area (Å²) < 4.78 is 0. The van der Waals surface area contributed by atoms with Crippen molar-refractivity contribution >= 4 is 39.7 Å². The first kappa shape index (κ1) is 17.5. The number of rotatable bonds is 4. The van der Waals surface area contributed by atoms with E-state index in [1.54, 1.807) is 27.4 Å². The second-order valence-electron chi connectivity index (χ2n) is 6.44. The number of nitrogens with zero attached hydrogens (tertiary/aromatic N) is 5. The number of nitrogens with two attached hydrogens (primary N) is 1. The second-order valence-corrected chi connectivity index (χ2v) is 7.32. The van der Waals surface area contributed by atoms with Gasteiger partial charge in [-0.2, -0.15) is 5.10 Å². The van der Waals surface area contributed by atoms with E-state index in [1.165, 1.54) is 0 Å². The standard InChI is InChI=1S/C18H20N6O2S/c19-16(25)15-12-14(21-24(15)13-4-2-1-3-5-13)17(26)22-7-9-23(10-8-22)18-20-6-11-27-18/h1-6,11,15H,7-10,12H2,(H2,19,25). The van der Waals surface area contributed by atoms with Crippen molar-refractivity contribution in [3.05, 3.63) is 41.9 Å². The Morgan fingerprint density at radius 1 is 1.11 bits per heavy atom. The van der Waals surface area contributed by atoms with E-state index in [0.29, 0.717) is 18.8 Å². The maximum Gasteiger partial charge on any atom is 0.270 e. The molecule has 1 saturated heterocycles. The van der Waals surface area contributed by atoms with E-state index in [1.807, 2.05) is 35.7 Å². The number of carbonyl (C=O) groups is 2. The van der Waals surface area contributed by atoms with Gasteiger partial charge in [0, 0.05) is 44.2 Å². The number of para-hydroxylation sites is 1. The number of thiazole rings is 1. The fourth-order valence-electron chi connectivity index (χ4n) is 3.34. The zero-order valence-corrected chi connectivity index (χ0v) is 15.5. The first-order valence-electron chi connectivity index (χ1n) is 8.78. The minimum Gasteiger partial charge on any atom is -0.368 e. The predicted molar refractivity (Wildman–Crippen MR) is 105 cm³/mol. The van der Waals surface area contributed by atoms with Crippen molar-refractivity contribution in [1.82, 2.24) is 9.88 Å². The van der Waals surface area contributed by atoms with E-state index in [2.05, 4.69) is 15.0 Å². The smallest absolute Gasteiger partial charge is 0.270 e.